The standard InChI is InChI=1S/C18H22N2O3S/c1-10-8-15(24(6,22)23)9-16(13(10)4)18(21)20-17-11(2)7-12(3)19-14(17)5/h7-9H,1-6H3,(H,20,21). The molecule has 128 valence electrons. The third-order valence-electron chi connectivity index (χ3n) is 4.08. The fourth-order valence-electron chi connectivity index (χ4n) is 2.67. The van der Waals surface area contributed by atoms with Crippen molar-refractivity contribution >= 4 is 21.4 Å². The minimum Gasteiger partial charge on any atom is -0.320 e. The van der Waals surface area contributed by atoms with E-state index in [9.17, 15) is 13.2 Å². The van der Waals surface area contributed by atoms with Gasteiger partial charge in [-0.15, -0.1) is 0 Å². The number of hydrogen-bond donors (Lipinski definition) is 1. The lowest BCUT2D eigenvalue weighted by atomic mass is 10.0. The maximum absolute atomic E-state index is 12.7. The van der Waals surface area contributed by atoms with E-state index in [-0.39, 0.29) is 10.8 Å². The molecule has 0 saturated carbocycles. The first-order valence-corrected chi connectivity index (χ1v) is 9.47. The van der Waals surface area contributed by atoms with Crippen LogP contribution in [0.2, 0.25) is 0 Å². The molecule has 0 aliphatic carbocycles. The minimum absolute atomic E-state index is 0.145. The Hall–Kier alpha value is -2.21. The molecular weight excluding hydrogens is 324 g/mol. The molecule has 1 aromatic heterocycles. The second-order valence-corrected chi connectivity index (χ2v) is 8.20. The number of carbonyl (C=O) groups excluding carboxylic acids is 1. The van der Waals surface area contributed by atoms with Crippen LogP contribution in [-0.2, 0) is 9.84 Å². The fraction of sp³-hybridized carbons (Fsp3) is 0.333. The molecule has 5 nitrogen and oxygen atoms in total. The Labute approximate surface area is 143 Å². The van der Waals surface area contributed by atoms with Crippen molar-refractivity contribution in [1.29, 1.82) is 0 Å². The molecule has 0 bridgehead atoms. The normalized spacial score (nSPS) is 11.4. The Bertz CT molecular complexity index is 909. The molecule has 0 spiro atoms. The van der Waals surface area contributed by atoms with E-state index < -0.39 is 9.84 Å². The van der Waals surface area contributed by atoms with Gasteiger partial charge in [-0.05, 0) is 69.5 Å². The highest BCUT2D eigenvalue weighted by Crippen LogP contribution is 2.24. The Balaban J connectivity index is 2.50. The quantitative estimate of drug-likeness (QED) is 0.925. The van der Waals surface area contributed by atoms with Crippen LogP contribution in [-0.4, -0.2) is 25.6 Å². The van der Waals surface area contributed by atoms with Crippen molar-refractivity contribution in [1.82, 2.24) is 4.98 Å². The molecule has 0 atom stereocenters. The van der Waals surface area contributed by atoms with Crippen molar-refractivity contribution in [3.8, 4) is 0 Å². The van der Waals surface area contributed by atoms with E-state index in [4.69, 9.17) is 0 Å². The van der Waals surface area contributed by atoms with Gasteiger partial charge in [0, 0.05) is 17.5 Å². The summed E-state index contributed by atoms with van der Waals surface area (Å²) in [4.78, 5) is 17.2. The number of sulfone groups is 1. The predicted octanol–water partition coefficient (Wildman–Crippen LogP) is 3.28. The van der Waals surface area contributed by atoms with E-state index in [0.29, 0.717) is 11.3 Å². The van der Waals surface area contributed by atoms with Crippen LogP contribution in [0.3, 0.4) is 0 Å². The number of carbonyl (C=O) groups is 1. The first-order chi connectivity index (χ1) is 11.0. The third kappa shape index (κ3) is 3.64. The smallest absolute Gasteiger partial charge is 0.256 e. The molecule has 1 heterocycles. The number of benzene rings is 1. The molecule has 0 radical (unpaired) electrons. The van der Waals surface area contributed by atoms with Crippen LogP contribution >= 0.6 is 0 Å². The molecular formula is C18H22N2O3S. The highest BCUT2D eigenvalue weighted by atomic mass is 32.2. The average molecular weight is 346 g/mol. The van der Waals surface area contributed by atoms with E-state index >= 15 is 0 Å². The highest BCUT2D eigenvalue weighted by Gasteiger charge is 2.18. The topological polar surface area (TPSA) is 76.1 Å². The largest absolute Gasteiger partial charge is 0.320 e. The van der Waals surface area contributed by atoms with Crippen LogP contribution in [0.4, 0.5) is 5.69 Å². The summed E-state index contributed by atoms with van der Waals surface area (Å²) >= 11 is 0. The van der Waals surface area contributed by atoms with Gasteiger partial charge >= 0.3 is 0 Å². The van der Waals surface area contributed by atoms with Gasteiger partial charge in [-0.1, -0.05) is 0 Å². The number of rotatable bonds is 3. The highest BCUT2D eigenvalue weighted by molar-refractivity contribution is 7.90. The van der Waals surface area contributed by atoms with E-state index in [0.717, 1.165) is 34.3 Å². The van der Waals surface area contributed by atoms with Crippen LogP contribution in [0.1, 0.15) is 38.4 Å². The molecule has 2 rings (SSSR count). The molecule has 6 heteroatoms. The average Bonchev–Trinajstić information content (AvgIpc) is 2.44. The van der Waals surface area contributed by atoms with E-state index in [1.54, 1.807) is 13.0 Å². The molecule has 0 unspecified atom stereocenters. The summed E-state index contributed by atoms with van der Waals surface area (Å²) in [7, 11) is -3.39. The first-order valence-electron chi connectivity index (χ1n) is 7.58. The summed E-state index contributed by atoms with van der Waals surface area (Å²) in [5, 5.41) is 2.87. The van der Waals surface area contributed by atoms with E-state index in [2.05, 4.69) is 10.3 Å². The molecule has 1 aromatic carbocycles. The Morgan fingerprint density at radius 3 is 2.17 bits per heavy atom. The second-order valence-electron chi connectivity index (χ2n) is 6.18. The number of aromatic nitrogens is 1. The molecule has 0 aliphatic rings. The summed E-state index contributed by atoms with van der Waals surface area (Å²) in [6, 6.07) is 4.91. The fourth-order valence-corrected chi connectivity index (χ4v) is 3.39. The number of aryl methyl sites for hydroxylation is 4. The third-order valence-corrected chi connectivity index (χ3v) is 5.17. The van der Waals surface area contributed by atoms with Gasteiger partial charge in [-0.3, -0.25) is 9.78 Å². The van der Waals surface area contributed by atoms with Gasteiger partial charge in [-0.25, -0.2) is 8.42 Å². The molecule has 2 aromatic rings. The summed E-state index contributed by atoms with van der Waals surface area (Å²) in [5.74, 6) is -0.335. The maximum atomic E-state index is 12.7. The number of amides is 1. The number of anilines is 1. The van der Waals surface area contributed by atoms with Crippen molar-refractivity contribution in [3.05, 3.63) is 51.8 Å². The number of hydrogen-bond acceptors (Lipinski definition) is 4. The maximum Gasteiger partial charge on any atom is 0.256 e. The van der Waals surface area contributed by atoms with Gasteiger partial charge in [-0.2, -0.15) is 0 Å². The van der Waals surface area contributed by atoms with Crippen molar-refractivity contribution in [2.75, 3.05) is 11.6 Å². The van der Waals surface area contributed by atoms with Crippen LogP contribution in [0.15, 0.2) is 23.1 Å². The van der Waals surface area contributed by atoms with Gasteiger partial charge in [0.25, 0.3) is 5.91 Å². The zero-order chi connectivity index (χ0) is 18.2. The minimum atomic E-state index is -3.39. The van der Waals surface area contributed by atoms with Crippen LogP contribution in [0.5, 0.6) is 0 Å². The monoisotopic (exact) mass is 346 g/mol. The zero-order valence-electron chi connectivity index (χ0n) is 14.8. The molecule has 0 fully saturated rings. The van der Waals surface area contributed by atoms with E-state index in [1.165, 1.54) is 6.07 Å². The lowest BCUT2D eigenvalue weighted by molar-refractivity contribution is 0.102. The van der Waals surface area contributed by atoms with Crippen molar-refractivity contribution in [2.45, 2.75) is 39.5 Å². The number of nitrogens with one attached hydrogen (secondary N) is 1. The lowest BCUT2D eigenvalue weighted by Gasteiger charge is -2.15. The molecule has 24 heavy (non-hydrogen) atoms. The van der Waals surface area contributed by atoms with Crippen LogP contribution in [0.25, 0.3) is 0 Å². The first kappa shape index (κ1) is 18.1. The SMILES string of the molecule is Cc1cc(C)c(NC(=O)c2cc(S(C)(=O)=O)cc(C)c2C)c(C)n1. The number of nitrogens with zero attached hydrogens (tertiary/aromatic N) is 1. The van der Waals surface area contributed by atoms with Crippen molar-refractivity contribution < 1.29 is 13.2 Å². The summed E-state index contributed by atoms with van der Waals surface area (Å²) in [6.45, 7) is 9.24. The Kier molecular flexibility index (Phi) is 4.80. The Morgan fingerprint density at radius 1 is 1.00 bits per heavy atom. The van der Waals surface area contributed by atoms with Gasteiger partial charge in [0.05, 0.1) is 16.3 Å². The van der Waals surface area contributed by atoms with Gasteiger partial charge in [0.1, 0.15) is 0 Å². The van der Waals surface area contributed by atoms with Crippen molar-refractivity contribution in [3.63, 3.8) is 0 Å². The summed E-state index contributed by atoms with van der Waals surface area (Å²) in [6.07, 6.45) is 1.14. The molecule has 1 N–H and O–H groups in total. The molecule has 0 saturated heterocycles. The lowest BCUT2D eigenvalue weighted by Crippen LogP contribution is -2.17. The molecule has 0 aliphatic heterocycles. The van der Waals surface area contributed by atoms with Gasteiger partial charge < -0.3 is 5.32 Å². The van der Waals surface area contributed by atoms with Crippen LogP contribution < -0.4 is 5.32 Å². The zero-order valence-corrected chi connectivity index (χ0v) is 15.6. The molecule has 1 amide bonds. The van der Waals surface area contributed by atoms with Crippen LogP contribution in [0, 0.1) is 34.6 Å². The van der Waals surface area contributed by atoms with Gasteiger partial charge in [0.2, 0.25) is 0 Å². The Morgan fingerprint density at radius 2 is 1.62 bits per heavy atom. The second kappa shape index (κ2) is 6.36. The summed E-state index contributed by atoms with van der Waals surface area (Å²) < 4.78 is 23.7. The van der Waals surface area contributed by atoms with E-state index in [1.807, 2.05) is 33.8 Å². The van der Waals surface area contributed by atoms with Gasteiger partial charge in [0.15, 0.2) is 9.84 Å². The predicted molar refractivity (Wildman–Crippen MR) is 95.4 cm³/mol. The number of pyridine rings is 1. The van der Waals surface area contributed by atoms with Crippen molar-refractivity contribution in [2.24, 2.45) is 0 Å². The summed E-state index contributed by atoms with van der Waals surface area (Å²) in [5.41, 5.74) is 5.07.